The number of hydrogen-bond acceptors (Lipinski definition) is 5. The summed E-state index contributed by atoms with van der Waals surface area (Å²) in [5, 5.41) is 2.03. The van der Waals surface area contributed by atoms with Gasteiger partial charge in [-0.1, -0.05) is 6.07 Å². The van der Waals surface area contributed by atoms with Crippen LogP contribution in [0.15, 0.2) is 41.8 Å². The van der Waals surface area contributed by atoms with Crippen molar-refractivity contribution in [2.24, 2.45) is 0 Å². The molecule has 0 aliphatic carbocycles. The van der Waals surface area contributed by atoms with Gasteiger partial charge in [0.15, 0.2) is 6.61 Å². The predicted octanol–water partition coefficient (Wildman–Crippen LogP) is 2.44. The fourth-order valence-corrected chi connectivity index (χ4v) is 3.67. The highest BCUT2D eigenvalue weighted by Gasteiger charge is 2.24. The second-order valence-electron chi connectivity index (χ2n) is 6.31. The molecule has 1 fully saturated rings. The molecule has 2 amide bonds. The summed E-state index contributed by atoms with van der Waals surface area (Å²) in [6, 6.07) is 11.2. The van der Waals surface area contributed by atoms with Crippen molar-refractivity contribution in [3.63, 3.8) is 0 Å². The molecule has 0 radical (unpaired) electrons. The Bertz CT molecular complexity index is 738. The number of amides is 2. The molecule has 1 saturated heterocycles. The minimum absolute atomic E-state index is 0.00134. The minimum Gasteiger partial charge on any atom is -0.497 e. The number of ether oxygens (including phenoxy) is 2. The molecule has 27 heavy (non-hydrogen) atoms. The lowest BCUT2D eigenvalue weighted by molar-refractivity contribution is -0.140. The summed E-state index contributed by atoms with van der Waals surface area (Å²) in [4.78, 5) is 29.5. The Hall–Kier alpha value is -2.54. The van der Waals surface area contributed by atoms with E-state index >= 15 is 0 Å². The molecule has 7 heteroatoms. The van der Waals surface area contributed by atoms with Gasteiger partial charge in [-0.05, 0) is 42.1 Å². The lowest BCUT2D eigenvalue weighted by Crippen LogP contribution is -2.51. The highest BCUT2D eigenvalue weighted by atomic mass is 32.1. The average Bonchev–Trinajstić information content (AvgIpc) is 3.24. The van der Waals surface area contributed by atoms with E-state index in [0.717, 1.165) is 12.2 Å². The summed E-state index contributed by atoms with van der Waals surface area (Å²) >= 11 is 1.68. The van der Waals surface area contributed by atoms with Crippen LogP contribution < -0.4 is 9.47 Å². The van der Waals surface area contributed by atoms with Crippen LogP contribution in [0.5, 0.6) is 11.5 Å². The third-order valence-corrected chi connectivity index (χ3v) is 5.51. The van der Waals surface area contributed by atoms with Gasteiger partial charge < -0.3 is 19.3 Å². The topological polar surface area (TPSA) is 59.1 Å². The normalized spacial score (nSPS) is 14.1. The second kappa shape index (κ2) is 9.41. The van der Waals surface area contributed by atoms with Crippen LogP contribution in [0.4, 0.5) is 0 Å². The van der Waals surface area contributed by atoms with Crippen molar-refractivity contribution < 1.29 is 19.1 Å². The molecule has 2 heterocycles. The van der Waals surface area contributed by atoms with Crippen LogP contribution in [0.25, 0.3) is 0 Å². The average molecular weight is 388 g/mol. The Balaban J connectivity index is 1.38. The highest BCUT2D eigenvalue weighted by Crippen LogP contribution is 2.17. The lowest BCUT2D eigenvalue weighted by atomic mass is 10.2. The molecular weight excluding hydrogens is 364 g/mol. The van der Waals surface area contributed by atoms with E-state index in [1.165, 1.54) is 4.88 Å². The van der Waals surface area contributed by atoms with Gasteiger partial charge in [-0.3, -0.25) is 9.59 Å². The lowest BCUT2D eigenvalue weighted by Gasteiger charge is -2.34. The molecular formula is C20H24N2O4S. The first-order valence-electron chi connectivity index (χ1n) is 9.00. The second-order valence-corrected chi connectivity index (χ2v) is 7.34. The quantitative estimate of drug-likeness (QED) is 0.731. The number of aryl methyl sites for hydroxylation is 1. The first-order chi connectivity index (χ1) is 13.2. The molecule has 0 atom stereocenters. The standard InChI is InChI=1S/C20H24N2O4S/c1-25-16-4-6-17(7-5-16)26-15-20(24)22-12-10-21(11-13-22)19(23)9-8-18-3-2-14-27-18/h2-7,14H,8-13,15H2,1H3. The summed E-state index contributed by atoms with van der Waals surface area (Å²) in [6.45, 7) is 2.26. The van der Waals surface area contributed by atoms with Crippen LogP contribution in [0.2, 0.25) is 0 Å². The van der Waals surface area contributed by atoms with Crippen molar-refractivity contribution in [3.8, 4) is 11.5 Å². The largest absolute Gasteiger partial charge is 0.497 e. The Kier molecular flexibility index (Phi) is 6.70. The monoisotopic (exact) mass is 388 g/mol. The number of benzene rings is 1. The summed E-state index contributed by atoms with van der Waals surface area (Å²) in [7, 11) is 1.60. The first-order valence-corrected chi connectivity index (χ1v) is 9.88. The number of thiophene rings is 1. The molecule has 0 bridgehead atoms. The van der Waals surface area contributed by atoms with Crippen LogP contribution >= 0.6 is 11.3 Å². The number of carbonyl (C=O) groups excluding carboxylic acids is 2. The maximum atomic E-state index is 12.3. The molecule has 1 aromatic carbocycles. The van der Waals surface area contributed by atoms with Crippen molar-refractivity contribution in [1.82, 2.24) is 9.80 Å². The van der Waals surface area contributed by atoms with Crippen LogP contribution in [-0.2, 0) is 16.0 Å². The smallest absolute Gasteiger partial charge is 0.260 e. The van der Waals surface area contributed by atoms with Crippen molar-refractivity contribution in [2.75, 3.05) is 39.9 Å². The van der Waals surface area contributed by atoms with Crippen LogP contribution in [0, 0.1) is 0 Å². The number of nitrogens with zero attached hydrogens (tertiary/aromatic N) is 2. The maximum absolute atomic E-state index is 12.3. The molecule has 3 rings (SSSR count). The molecule has 144 valence electrons. The molecule has 1 aliphatic heterocycles. The van der Waals surface area contributed by atoms with Gasteiger partial charge in [-0.2, -0.15) is 0 Å². The third kappa shape index (κ3) is 5.47. The Morgan fingerprint density at radius 1 is 0.963 bits per heavy atom. The number of methoxy groups -OCH3 is 1. The van der Waals surface area contributed by atoms with E-state index in [9.17, 15) is 9.59 Å². The zero-order valence-electron chi connectivity index (χ0n) is 15.4. The molecule has 1 aliphatic rings. The molecule has 0 spiro atoms. The predicted molar refractivity (Wildman–Crippen MR) is 104 cm³/mol. The van der Waals surface area contributed by atoms with Crippen molar-refractivity contribution >= 4 is 23.2 Å². The van der Waals surface area contributed by atoms with E-state index in [-0.39, 0.29) is 18.4 Å². The third-order valence-electron chi connectivity index (χ3n) is 4.57. The van der Waals surface area contributed by atoms with Crippen LogP contribution in [0.1, 0.15) is 11.3 Å². The van der Waals surface area contributed by atoms with Gasteiger partial charge in [0.1, 0.15) is 11.5 Å². The van der Waals surface area contributed by atoms with Gasteiger partial charge in [0.05, 0.1) is 7.11 Å². The van der Waals surface area contributed by atoms with E-state index < -0.39 is 0 Å². The van der Waals surface area contributed by atoms with Crippen molar-refractivity contribution in [3.05, 3.63) is 46.7 Å². The molecule has 0 unspecified atom stereocenters. The number of rotatable bonds is 7. The van der Waals surface area contributed by atoms with E-state index in [2.05, 4.69) is 6.07 Å². The Morgan fingerprint density at radius 3 is 2.19 bits per heavy atom. The summed E-state index contributed by atoms with van der Waals surface area (Å²) in [6.07, 6.45) is 1.31. The maximum Gasteiger partial charge on any atom is 0.260 e. The molecule has 0 N–H and O–H groups in total. The van der Waals surface area contributed by atoms with E-state index in [1.54, 1.807) is 47.6 Å². The van der Waals surface area contributed by atoms with Gasteiger partial charge in [0, 0.05) is 37.5 Å². The van der Waals surface area contributed by atoms with Gasteiger partial charge in [-0.15, -0.1) is 11.3 Å². The van der Waals surface area contributed by atoms with Gasteiger partial charge in [0.2, 0.25) is 5.91 Å². The van der Waals surface area contributed by atoms with Gasteiger partial charge >= 0.3 is 0 Å². The van der Waals surface area contributed by atoms with Gasteiger partial charge in [-0.25, -0.2) is 0 Å². The fourth-order valence-electron chi connectivity index (χ4n) is 2.96. The van der Waals surface area contributed by atoms with E-state index in [0.29, 0.717) is 38.3 Å². The first kappa shape index (κ1) is 19.2. The minimum atomic E-state index is -0.0588. The summed E-state index contributed by atoms with van der Waals surface area (Å²) in [5.41, 5.74) is 0. The number of carbonyl (C=O) groups is 2. The van der Waals surface area contributed by atoms with Crippen molar-refractivity contribution in [1.29, 1.82) is 0 Å². The number of hydrogen-bond donors (Lipinski definition) is 0. The summed E-state index contributed by atoms with van der Waals surface area (Å²) in [5.74, 6) is 1.47. The molecule has 6 nitrogen and oxygen atoms in total. The summed E-state index contributed by atoms with van der Waals surface area (Å²) < 4.78 is 10.6. The van der Waals surface area contributed by atoms with Crippen LogP contribution in [-0.4, -0.2) is 61.5 Å². The van der Waals surface area contributed by atoms with E-state index in [1.807, 2.05) is 16.3 Å². The fraction of sp³-hybridized carbons (Fsp3) is 0.400. The molecule has 2 aromatic rings. The van der Waals surface area contributed by atoms with Crippen LogP contribution in [0.3, 0.4) is 0 Å². The zero-order valence-corrected chi connectivity index (χ0v) is 16.2. The number of piperazine rings is 1. The van der Waals surface area contributed by atoms with Crippen molar-refractivity contribution in [2.45, 2.75) is 12.8 Å². The molecule has 1 aromatic heterocycles. The van der Waals surface area contributed by atoms with Gasteiger partial charge in [0.25, 0.3) is 5.91 Å². The van der Waals surface area contributed by atoms with E-state index in [4.69, 9.17) is 9.47 Å². The highest BCUT2D eigenvalue weighted by molar-refractivity contribution is 7.09. The zero-order chi connectivity index (χ0) is 19.1. The Labute approximate surface area is 163 Å². The molecule has 0 saturated carbocycles. The Morgan fingerprint density at radius 2 is 1.59 bits per heavy atom. The SMILES string of the molecule is COc1ccc(OCC(=O)N2CCN(C(=O)CCc3cccs3)CC2)cc1.